The minimum atomic E-state index is -0.936. The van der Waals surface area contributed by atoms with Crippen LogP contribution in [0.4, 0.5) is 0 Å². The molecule has 0 amide bonds. The second kappa shape index (κ2) is 15.1. The van der Waals surface area contributed by atoms with Gasteiger partial charge in [0.15, 0.2) is 0 Å². The Morgan fingerprint density at radius 1 is 1.08 bits per heavy atom. The lowest BCUT2D eigenvalue weighted by atomic mass is 10.00. The molecule has 0 saturated heterocycles. The predicted octanol–water partition coefficient (Wildman–Crippen LogP) is 4.33. The molecule has 24 heavy (non-hydrogen) atoms. The fourth-order valence-corrected chi connectivity index (χ4v) is 2.62. The zero-order valence-corrected chi connectivity index (χ0v) is 14.9. The van der Waals surface area contributed by atoms with Crippen molar-refractivity contribution in [3.8, 4) is 0 Å². The van der Waals surface area contributed by atoms with Crippen molar-refractivity contribution in [3.05, 3.63) is 22.3 Å². The molecule has 6 heteroatoms. The molecule has 0 aromatic carbocycles. The van der Waals surface area contributed by atoms with Gasteiger partial charge >= 0.3 is 5.97 Å². The van der Waals surface area contributed by atoms with Gasteiger partial charge in [0, 0.05) is 17.8 Å². The van der Waals surface area contributed by atoms with Gasteiger partial charge in [-0.15, -0.1) is 0 Å². The molecular formula is C18H33NO5. The number of unbranched alkanes of at least 4 members (excludes halogenated alkanes) is 7. The number of nitro groups is 1. The van der Waals surface area contributed by atoms with Gasteiger partial charge in [0.05, 0.1) is 0 Å². The Morgan fingerprint density at radius 2 is 1.75 bits per heavy atom. The fraction of sp³-hybridized carbons (Fsp3) is 0.833. The van der Waals surface area contributed by atoms with Gasteiger partial charge in [-0.25, -0.2) is 0 Å². The van der Waals surface area contributed by atoms with Crippen molar-refractivity contribution in [2.24, 2.45) is 0 Å². The highest BCUT2D eigenvalue weighted by Crippen LogP contribution is 2.15. The summed E-state index contributed by atoms with van der Waals surface area (Å²) in [6.45, 7) is 2.14. The molecule has 0 rings (SSSR count). The predicted molar refractivity (Wildman–Crippen MR) is 94.6 cm³/mol. The van der Waals surface area contributed by atoms with Gasteiger partial charge in [0.2, 0.25) is 6.04 Å². The first-order valence-electron chi connectivity index (χ1n) is 9.17. The van der Waals surface area contributed by atoms with E-state index in [4.69, 9.17) is 5.11 Å². The number of carboxylic acid groups (broad SMARTS) is 1. The highest BCUT2D eigenvalue weighted by atomic mass is 16.6. The number of carbonyl (C=O) groups is 1. The SMILES string of the molecule is CCCCC/C=C/CC(O)C(CCCCCCCC(=O)O)[N+](=O)[O-]. The summed E-state index contributed by atoms with van der Waals surface area (Å²) < 4.78 is 0. The summed E-state index contributed by atoms with van der Waals surface area (Å²) in [6, 6.07) is -0.913. The van der Waals surface area contributed by atoms with Crippen LogP contribution in [0.15, 0.2) is 12.2 Å². The van der Waals surface area contributed by atoms with E-state index < -0.39 is 18.1 Å². The fourth-order valence-electron chi connectivity index (χ4n) is 2.62. The van der Waals surface area contributed by atoms with E-state index in [-0.39, 0.29) is 11.3 Å². The number of hydrogen-bond donors (Lipinski definition) is 2. The lowest BCUT2D eigenvalue weighted by Gasteiger charge is -2.14. The molecule has 0 heterocycles. The first kappa shape index (κ1) is 22.6. The van der Waals surface area contributed by atoms with Gasteiger partial charge in [0.25, 0.3) is 0 Å². The molecule has 2 unspecified atom stereocenters. The molecule has 0 saturated carbocycles. The van der Waals surface area contributed by atoms with Crippen LogP contribution in [0.3, 0.4) is 0 Å². The van der Waals surface area contributed by atoms with E-state index in [1.807, 2.05) is 12.2 Å². The molecule has 0 fully saturated rings. The van der Waals surface area contributed by atoms with Gasteiger partial charge in [-0.05, 0) is 32.1 Å². The molecule has 140 valence electrons. The van der Waals surface area contributed by atoms with E-state index in [0.29, 0.717) is 25.7 Å². The summed E-state index contributed by atoms with van der Waals surface area (Å²) in [5.41, 5.74) is 0. The number of aliphatic hydroxyl groups is 1. The lowest BCUT2D eigenvalue weighted by molar-refractivity contribution is -0.535. The molecule has 0 aliphatic carbocycles. The maximum atomic E-state index is 11.1. The molecule has 2 atom stereocenters. The van der Waals surface area contributed by atoms with Gasteiger partial charge in [-0.1, -0.05) is 51.2 Å². The van der Waals surface area contributed by atoms with Crippen LogP contribution in [-0.2, 0) is 4.79 Å². The zero-order valence-electron chi connectivity index (χ0n) is 14.9. The zero-order chi connectivity index (χ0) is 18.2. The van der Waals surface area contributed by atoms with Crippen LogP contribution >= 0.6 is 0 Å². The summed E-state index contributed by atoms with van der Waals surface area (Å²) >= 11 is 0. The Balaban J connectivity index is 3.90. The third-order valence-electron chi connectivity index (χ3n) is 4.12. The summed E-state index contributed by atoms with van der Waals surface area (Å²) in [5.74, 6) is -0.783. The normalized spacial score (nSPS) is 13.9. The topological polar surface area (TPSA) is 101 Å². The summed E-state index contributed by atoms with van der Waals surface area (Å²) in [7, 11) is 0. The van der Waals surface area contributed by atoms with Crippen LogP contribution in [0.25, 0.3) is 0 Å². The Hall–Kier alpha value is -1.43. The molecule has 0 spiro atoms. The number of rotatable bonds is 16. The van der Waals surface area contributed by atoms with Crippen molar-refractivity contribution in [3.63, 3.8) is 0 Å². The molecule has 0 aromatic rings. The van der Waals surface area contributed by atoms with Crippen LogP contribution in [0.2, 0.25) is 0 Å². The Kier molecular flexibility index (Phi) is 14.2. The number of carboxylic acids is 1. The average Bonchev–Trinajstić information content (AvgIpc) is 2.52. The van der Waals surface area contributed by atoms with E-state index in [1.54, 1.807) is 0 Å². The molecule has 0 radical (unpaired) electrons. The van der Waals surface area contributed by atoms with Gasteiger partial charge in [0.1, 0.15) is 6.10 Å². The van der Waals surface area contributed by atoms with E-state index in [2.05, 4.69) is 6.92 Å². The van der Waals surface area contributed by atoms with Crippen molar-refractivity contribution >= 4 is 5.97 Å². The minimum Gasteiger partial charge on any atom is -0.481 e. The van der Waals surface area contributed by atoms with Crippen LogP contribution in [-0.4, -0.2) is 33.3 Å². The van der Waals surface area contributed by atoms with Gasteiger partial charge in [-0.2, -0.15) is 0 Å². The summed E-state index contributed by atoms with van der Waals surface area (Å²) in [5, 5.41) is 29.7. The molecular weight excluding hydrogens is 310 g/mol. The first-order valence-corrected chi connectivity index (χ1v) is 9.17. The average molecular weight is 343 g/mol. The molecule has 0 aliphatic heterocycles. The van der Waals surface area contributed by atoms with Gasteiger partial charge < -0.3 is 10.2 Å². The Morgan fingerprint density at radius 3 is 2.38 bits per heavy atom. The van der Waals surface area contributed by atoms with Crippen molar-refractivity contribution < 1.29 is 19.9 Å². The largest absolute Gasteiger partial charge is 0.481 e. The van der Waals surface area contributed by atoms with Crippen molar-refractivity contribution in [1.82, 2.24) is 0 Å². The summed E-state index contributed by atoms with van der Waals surface area (Å²) in [4.78, 5) is 21.1. The quantitative estimate of drug-likeness (QED) is 0.188. The van der Waals surface area contributed by atoms with Gasteiger partial charge in [-0.3, -0.25) is 14.9 Å². The molecule has 0 aliphatic rings. The maximum Gasteiger partial charge on any atom is 0.303 e. The monoisotopic (exact) mass is 343 g/mol. The molecule has 2 N–H and O–H groups in total. The van der Waals surface area contributed by atoms with Crippen LogP contribution in [0, 0.1) is 10.1 Å². The van der Waals surface area contributed by atoms with Crippen molar-refractivity contribution in [1.29, 1.82) is 0 Å². The highest BCUT2D eigenvalue weighted by molar-refractivity contribution is 5.66. The maximum absolute atomic E-state index is 11.1. The van der Waals surface area contributed by atoms with Crippen LogP contribution in [0.5, 0.6) is 0 Å². The third kappa shape index (κ3) is 13.0. The Labute approximate surface area is 145 Å². The number of allylic oxidation sites excluding steroid dienone is 1. The Bertz CT molecular complexity index is 370. The second-order valence-electron chi connectivity index (χ2n) is 6.32. The van der Waals surface area contributed by atoms with E-state index >= 15 is 0 Å². The smallest absolute Gasteiger partial charge is 0.303 e. The standard InChI is InChI=1S/C18H33NO5/c1-2-3-4-5-8-11-14-17(20)16(19(23)24)13-10-7-6-9-12-15-18(21)22/h8,11,16-17,20H,2-7,9-10,12-15H2,1H3,(H,21,22)/b11-8+. The van der Waals surface area contributed by atoms with E-state index in [1.165, 1.54) is 6.42 Å². The molecule has 0 aromatic heterocycles. The van der Waals surface area contributed by atoms with E-state index in [0.717, 1.165) is 38.5 Å². The number of nitrogens with zero attached hydrogens (tertiary/aromatic N) is 1. The lowest BCUT2D eigenvalue weighted by Crippen LogP contribution is -2.33. The first-order chi connectivity index (χ1) is 11.5. The van der Waals surface area contributed by atoms with Crippen LogP contribution in [0.1, 0.15) is 84.0 Å². The summed E-state index contributed by atoms with van der Waals surface area (Å²) in [6.07, 6.45) is 12.1. The van der Waals surface area contributed by atoms with Crippen molar-refractivity contribution in [2.75, 3.05) is 0 Å². The molecule has 0 bridgehead atoms. The number of aliphatic hydroxyl groups excluding tert-OH is 1. The second-order valence-corrected chi connectivity index (χ2v) is 6.32. The third-order valence-corrected chi connectivity index (χ3v) is 4.12. The van der Waals surface area contributed by atoms with Crippen molar-refractivity contribution in [2.45, 2.75) is 96.1 Å². The van der Waals surface area contributed by atoms with E-state index in [9.17, 15) is 20.0 Å². The minimum absolute atomic E-state index is 0.181. The highest BCUT2D eigenvalue weighted by Gasteiger charge is 2.28. The molecule has 6 nitrogen and oxygen atoms in total. The van der Waals surface area contributed by atoms with Crippen LogP contribution < -0.4 is 0 Å². The number of aliphatic carboxylic acids is 1. The number of hydrogen-bond acceptors (Lipinski definition) is 4.